The zero-order chi connectivity index (χ0) is 18.4. The fourth-order valence-corrected chi connectivity index (χ4v) is 4.24. The molecule has 0 saturated heterocycles. The Morgan fingerprint density at radius 2 is 1.96 bits per heavy atom. The summed E-state index contributed by atoms with van der Waals surface area (Å²) in [5.74, 6) is 2.07. The second-order valence-corrected chi connectivity index (χ2v) is 7.60. The molecule has 0 bridgehead atoms. The predicted molar refractivity (Wildman–Crippen MR) is 104 cm³/mol. The normalized spacial score (nSPS) is 20.5. The summed E-state index contributed by atoms with van der Waals surface area (Å²) < 4.78 is 3.36. The number of rotatable bonds is 3. The first-order chi connectivity index (χ1) is 13.2. The largest absolute Gasteiger partial charge is 0.342 e. The number of para-hydroxylation sites is 2. The smallest absolute Gasteiger partial charge is 0.281 e. The third-order valence-electron chi connectivity index (χ3n) is 5.71. The molecule has 4 aromatic rings. The second-order valence-electron chi connectivity index (χ2n) is 7.60. The molecule has 1 saturated carbocycles. The average molecular weight is 362 g/mol. The summed E-state index contributed by atoms with van der Waals surface area (Å²) in [5, 5.41) is 4.25. The van der Waals surface area contributed by atoms with Crippen LogP contribution in [0.4, 0.5) is 0 Å². The lowest BCUT2D eigenvalue weighted by Crippen LogP contribution is -2.26. The Hall–Kier alpha value is -2.96. The molecule has 3 heterocycles. The van der Waals surface area contributed by atoms with Gasteiger partial charge in [0.25, 0.3) is 5.56 Å². The summed E-state index contributed by atoms with van der Waals surface area (Å²) in [5.41, 5.74) is 3.22. The highest BCUT2D eigenvalue weighted by molar-refractivity contribution is 5.74. The summed E-state index contributed by atoms with van der Waals surface area (Å²) in [6.07, 6.45) is 7.82. The number of hydrogen-bond donors (Lipinski definition) is 1. The maximum absolute atomic E-state index is 12.6. The highest BCUT2D eigenvalue weighted by atomic mass is 16.1. The van der Waals surface area contributed by atoms with Gasteiger partial charge in [-0.3, -0.25) is 14.0 Å². The first-order valence-electron chi connectivity index (χ1n) is 9.51. The van der Waals surface area contributed by atoms with Gasteiger partial charge in [-0.15, -0.1) is 0 Å². The van der Waals surface area contributed by atoms with Crippen LogP contribution in [0.15, 0.2) is 41.6 Å². The van der Waals surface area contributed by atoms with Gasteiger partial charge in [0.1, 0.15) is 11.3 Å². The zero-order valence-electron chi connectivity index (χ0n) is 15.3. The molecule has 3 aromatic heterocycles. The van der Waals surface area contributed by atoms with E-state index in [0.29, 0.717) is 29.4 Å². The zero-order valence-corrected chi connectivity index (χ0v) is 15.3. The van der Waals surface area contributed by atoms with Gasteiger partial charge in [0.15, 0.2) is 5.52 Å². The van der Waals surface area contributed by atoms with Gasteiger partial charge in [0, 0.05) is 19.5 Å². The van der Waals surface area contributed by atoms with Crippen molar-refractivity contribution in [3.8, 4) is 0 Å². The third kappa shape index (κ3) is 2.93. The molecule has 0 radical (unpaired) electrons. The van der Waals surface area contributed by atoms with Crippen molar-refractivity contribution in [2.75, 3.05) is 0 Å². The van der Waals surface area contributed by atoms with E-state index >= 15 is 0 Å². The third-order valence-corrected chi connectivity index (χ3v) is 5.71. The van der Waals surface area contributed by atoms with E-state index in [1.165, 1.54) is 0 Å². The molecule has 0 atom stereocenters. The number of nitrogens with one attached hydrogen (secondary N) is 1. The number of hydrogen-bond acceptors (Lipinski definition) is 4. The quantitative estimate of drug-likeness (QED) is 0.607. The lowest BCUT2D eigenvalue weighted by Gasteiger charge is -2.27. The minimum absolute atomic E-state index is 0.0417. The van der Waals surface area contributed by atoms with Crippen molar-refractivity contribution >= 4 is 22.1 Å². The number of aromatic nitrogens is 6. The lowest BCUT2D eigenvalue weighted by molar-refractivity contribution is 0.287. The summed E-state index contributed by atoms with van der Waals surface area (Å²) in [6, 6.07) is 8.18. The van der Waals surface area contributed by atoms with Crippen molar-refractivity contribution in [3.05, 3.63) is 53.0 Å². The Bertz CT molecular complexity index is 1130. The van der Waals surface area contributed by atoms with Gasteiger partial charge in [-0.2, -0.15) is 5.10 Å². The SMILES string of the molecule is Cn1cc2ncn(CC3CCC(c4nc5ccccc5[nH]4)CC3)c(=O)c2n1. The van der Waals surface area contributed by atoms with Gasteiger partial charge in [0.05, 0.1) is 23.6 Å². The van der Waals surface area contributed by atoms with Crippen molar-refractivity contribution in [2.45, 2.75) is 38.1 Å². The van der Waals surface area contributed by atoms with Crippen molar-refractivity contribution in [2.24, 2.45) is 13.0 Å². The van der Waals surface area contributed by atoms with Crippen LogP contribution in [0.25, 0.3) is 22.1 Å². The Morgan fingerprint density at radius 3 is 2.78 bits per heavy atom. The molecular formula is C20H22N6O. The van der Waals surface area contributed by atoms with E-state index in [2.05, 4.69) is 21.1 Å². The van der Waals surface area contributed by atoms with Crippen LogP contribution in [0.1, 0.15) is 37.4 Å². The monoisotopic (exact) mass is 362 g/mol. The van der Waals surface area contributed by atoms with E-state index in [1.54, 1.807) is 21.8 Å². The van der Waals surface area contributed by atoms with Crippen LogP contribution in [0, 0.1) is 5.92 Å². The average Bonchev–Trinajstić information content (AvgIpc) is 3.28. The van der Waals surface area contributed by atoms with Gasteiger partial charge in [-0.1, -0.05) is 12.1 Å². The van der Waals surface area contributed by atoms with Gasteiger partial charge < -0.3 is 4.98 Å². The van der Waals surface area contributed by atoms with Crippen LogP contribution in [-0.2, 0) is 13.6 Å². The molecule has 0 spiro atoms. The first-order valence-corrected chi connectivity index (χ1v) is 9.51. The van der Waals surface area contributed by atoms with Crippen molar-refractivity contribution in [3.63, 3.8) is 0 Å². The molecule has 0 amide bonds. The molecule has 7 heteroatoms. The van der Waals surface area contributed by atoms with Crippen LogP contribution in [0.3, 0.4) is 0 Å². The van der Waals surface area contributed by atoms with Crippen molar-refractivity contribution in [1.82, 2.24) is 29.3 Å². The fraction of sp³-hybridized carbons (Fsp3) is 0.400. The molecular weight excluding hydrogens is 340 g/mol. The molecule has 5 rings (SSSR count). The summed E-state index contributed by atoms with van der Waals surface area (Å²) in [4.78, 5) is 25.3. The molecule has 1 fully saturated rings. The van der Waals surface area contributed by atoms with E-state index in [1.807, 2.05) is 25.2 Å². The minimum Gasteiger partial charge on any atom is -0.342 e. The van der Waals surface area contributed by atoms with Gasteiger partial charge in [-0.25, -0.2) is 9.97 Å². The summed E-state index contributed by atoms with van der Waals surface area (Å²) >= 11 is 0. The van der Waals surface area contributed by atoms with E-state index in [-0.39, 0.29) is 5.56 Å². The fourth-order valence-electron chi connectivity index (χ4n) is 4.24. The van der Waals surface area contributed by atoms with Crippen LogP contribution in [0.2, 0.25) is 0 Å². The van der Waals surface area contributed by atoms with Crippen LogP contribution in [0.5, 0.6) is 0 Å². The molecule has 1 aromatic carbocycles. The predicted octanol–water partition coefficient (Wildman–Crippen LogP) is 2.98. The lowest BCUT2D eigenvalue weighted by atomic mass is 9.81. The molecule has 138 valence electrons. The molecule has 27 heavy (non-hydrogen) atoms. The molecule has 0 aliphatic heterocycles. The standard InChI is InChI=1S/C20H22N6O/c1-25-11-17-18(24-25)20(27)26(12-21-17)10-13-6-8-14(9-7-13)19-22-15-4-2-3-5-16(15)23-19/h2-5,11-14H,6-10H2,1H3,(H,22,23). The summed E-state index contributed by atoms with van der Waals surface area (Å²) in [7, 11) is 1.81. The number of benzene rings is 1. The van der Waals surface area contributed by atoms with Crippen molar-refractivity contribution < 1.29 is 0 Å². The number of fused-ring (bicyclic) bond motifs is 2. The van der Waals surface area contributed by atoms with Crippen molar-refractivity contribution in [1.29, 1.82) is 0 Å². The van der Waals surface area contributed by atoms with Gasteiger partial charge in [-0.05, 0) is 43.7 Å². The number of aryl methyl sites for hydroxylation is 1. The number of imidazole rings is 1. The first kappa shape index (κ1) is 16.2. The van der Waals surface area contributed by atoms with Gasteiger partial charge in [0.2, 0.25) is 0 Å². The van der Waals surface area contributed by atoms with Crippen LogP contribution < -0.4 is 5.56 Å². The summed E-state index contributed by atoms with van der Waals surface area (Å²) in [6.45, 7) is 0.713. The van der Waals surface area contributed by atoms with E-state index < -0.39 is 0 Å². The minimum atomic E-state index is -0.0417. The maximum atomic E-state index is 12.6. The number of aromatic amines is 1. The van der Waals surface area contributed by atoms with Crippen LogP contribution >= 0.6 is 0 Å². The number of nitrogens with zero attached hydrogens (tertiary/aromatic N) is 5. The van der Waals surface area contributed by atoms with E-state index in [9.17, 15) is 4.79 Å². The van der Waals surface area contributed by atoms with E-state index in [0.717, 1.165) is 42.5 Å². The molecule has 1 aliphatic carbocycles. The van der Waals surface area contributed by atoms with Gasteiger partial charge >= 0.3 is 0 Å². The maximum Gasteiger partial charge on any atom is 0.281 e. The Morgan fingerprint density at radius 1 is 1.15 bits per heavy atom. The van der Waals surface area contributed by atoms with E-state index in [4.69, 9.17) is 4.98 Å². The Balaban J connectivity index is 1.29. The Labute approximate surface area is 156 Å². The highest BCUT2D eigenvalue weighted by Gasteiger charge is 2.25. The molecule has 1 aliphatic rings. The number of H-pyrrole nitrogens is 1. The second kappa shape index (κ2) is 6.33. The Kier molecular flexibility index (Phi) is 3.81. The molecule has 7 nitrogen and oxygen atoms in total. The molecule has 0 unspecified atom stereocenters. The topological polar surface area (TPSA) is 81.4 Å². The van der Waals surface area contributed by atoms with Crippen LogP contribution in [-0.4, -0.2) is 29.3 Å². The highest BCUT2D eigenvalue weighted by Crippen LogP contribution is 2.35. The molecule has 1 N–H and O–H groups in total.